The van der Waals surface area contributed by atoms with Crippen LogP contribution in [-0.4, -0.2) is 25.2 Å². The van der Waals surface area contributed by atoms with E-state index in [0.29, 0.717) is 43.8 Å². The number of esters is 2. The average molecular weight is 357 g/mol. The quantitative estimate of drug-likeness (QED) is 0.286. The van der Waals surface area contributed by atoms with Gasteiger partial charge in [0.1, 0.15) is 0 Å². The molecule has 0 fully saturated rings. The Kier molecular flexibility index (Phi) is 14.6. The van der Waals surface area contributed by atoms with Crippen LogP contribution in [0.4, 0.5) is 0 Å². The molecule has 4 nitrogen and oxygen atoms in total. The topological polar surface area (TPSA) is 52.6 Å². The van der Waals surface area contributed by atoms with Gasteiger partial charge in [0.05, 0.1) is 13.2 Å². The van der Waals surface area contributed by atoms with E-state index >= 15 is 0 Å². The van der Waals surface area contributed by atoms with Crippen LogP contribution < -0.4 is 0 Å². The van der Waals surface area contributed by atoms with Crippen molar-refractivity contribution in [2.75, 3.05) is 13.2 Å². The van der Waals surface area contributed by atoms with Crippen molar-refractivity contribution in [2.45, 2.75) is 92.4 Å². The van der Waals surface area contributed by atoms with Gasteiger partial charge in [0, 0.05) is 12.8 Å². The molecule has 0 aliphatic heterocycles. The summed E-state index contributed by atoms with van der Waals surface area (Å²) in [5.74, 6) is 1.08. The number of ether oxygens (including phenoxy) is 2. The third-order valence-corrected chi connectivity index (χ3v) is 4.00. The van der Waals surface area contributed by atoms with E-state index in [-0.39, 0.29) is 11.9 Å². The molecule has 0 bridgehead atoms. The minimum Gasteiger partial charge on any atom is -0.465 e. The standard InChI is InChI=1S/C21H40O4/c1-17(2)15-24-20(22)13-11-9-7-6-8-10-12-19(5)14-21(23)25-16-18(3)4/h17-19H,6-16H2,1-5H3. The Balaban J connectivity index is 3.42. The lowest BCUT2D eigenvalue weighted by atomic mass is 9.99. The van der Waals surface area contributed by atoms with Crippen LogP contribution in [0, 0.1) is 17.8 Å². The summed E-state index contributed by atoms with van der Waals surface area (Å²) >= 11 is 0. The first-order chi connectivity index (χ1) is 11.8. The molecule has 0 radical (unpaired) electrons. The Hall–Kier alpha value is -1.06. The first kappa shape index (κ1) is 23.9. The lowest BCUT2D eigenvalue weighted by Crippen LogP contribution is -2.13. The van der Waals surface area contributed by atoms with Gasteiger partial charge in [-0.2, -0.15) is 0 Å². The molecule has 4 heteroatoms. The summed E-state index contributed by atoms with van der Waals surface area (Å²) in [6.45, 7) is 11.4. The molecule has 0 spiro atoms. The highest BCUT2D eigenvalue weighted by Crippen LogP contribution is 2.16. The van der Waals surface area contributed by atoms with Crippen molar-refractivity contribution in [3.8, 4) is 0 Å². The molecule has 0 aromatic carbocycles. The Bertz CT molecular complexity index is 350. The van der Waals surface area contributed by atoms with Crippen LogP contribution in [0.15, 0.2) is 0 Å². The van der Waals surface area contributed by atoms with E-state index in [1.807, 2.05) is 27.7 Å². The Labute approximate surface area is 155 Å². The van der Waals surface area contributed by atoms with Crippen LogP contribution in [0.2, 0.25) is 0 Å². The maximum atomic E-state index is 11.6. The summed E-state index contributed by atoms with van der Waals surface area (Å²) in [5.41, 5.74) is 0. The fraction of sp³-hybridized carbons (Fsp3) is 0.905. The van der Waals surface area contributed by atoms with Gasteiger partial charge in [-0.1, -0.05) is 73.1 Å². The van der Waals surface area contributed by atoms with Crippen molar-refractivity contribution >= 4 is 11.9 Å². The molecule has 148 valence electrons. The SMILES string of the molecule is CC(C)COC(=O)CCCCCCCCC(C)CC(=O)OCC(C)C. The zero-order chi connectivity index (χ0) is 19.1. The van der Waals surface area contributed by atoms with Crippen LogP contribution >= 0.6 is 0 Å². The zero-order valence-corrected chi connectivity index (χ0v) is 17.1. The fourth-order valence-corrected chi connectivity index (χ4v) is 2.51. The molecule has 0 N–H and O–H groups in total. The second-order valence-electron chi connectivity index (χ2n) is 8.12. The molecule has 0 rings (SSSR count). The molecule has 0 saturated carbocycles. The number of hydrogen-bond acceptors (Lipinski definition) is 4. The van der Waals surface area contributed by atoms with E-state index in [1.165, 1.54) is 19.3 Å². The molecule has 1 atom stereocenters. The van der Waals surface area contributed by atoms with Gasteiger partial charge in [-0.3, -0.25) is 9.59 Å². The van der Waals surface area contributed by atoms with E-state index in [4.69, 9.17) is 9.47 Å². The summed E-state index contributed by atoms with van der Waals surface area (Å²) in [4.78, 5) is 23.1. The molecular weight excluding hydrogens is 316 g/mol. The van der Waals surface area contributed by atoms with E-state index in [9.17, 15) is 9.59 Å². The van der Waals surface area contributed by atoms with E-state index in [2.05, 4.69) is 6.92 Å². The molecule has 1 unspecified atom stereocenters. The van der Waals surface area contributed by atoms with Crippen LogP contribution in [0.25, 0.3) is 0 Å². The highest BCUT2D eigenvalue weighted by Gasteiger charge is 2.10. The lowest BCUT2D eigenvalue weighted by Gasteiger charge is -2.12. The maximum absolute atomic E-state index is 11.6. The maximum Gasteiger partial charge on any atom is 0.306 e. The van der Waals surface area contributed by atoms with Crippen LogP contribution in [0.3, 0.4) is 0 Å². The molecule has 0 aromatic rings. The smallest absolute Gasteiger partial charge is 0.306 e. The minimum absolute atomic E-state index is 0.0631. The second kappa shape index (κ2) is 15.2. The van der Waals surface area contributed by atoms with Gasteiger partial charge < -0.3 is 9.47 Å². The fourth-order valence-electron chi connectivity index (χ4n) is 2.51. The Morgan fingerprint density at radius 1 is 0.680 bits per heavy atom. The number of rotatable bonds is 15. The molecule has 0 aliphatic carbocycles. The number of unbranched alkanes of at least 4 members (excludes halogenated alkanes) is 5. The van der Waals surface area contributed by atoms with Crippen molar-refractivity contribution in [3.63, 3.8) is 0 Å². The molecule has 0 aromatic heterocycles. The zero-order valence-electron chi connectivity index (χ0n) is 17.1. The van der Waals surface area contributed by atoms with Gasteiger partial charge in [0.2, 0.25) is 0 Å². The third kappa shape index (κ3) is 17.6. The predicted molar refractivity (Wildman–Crippen MR) is 102 cm³/mol. The van der Waals surface area contributed by atoms with Gasteiger partial charge >= 0.3 is 11.9 Å². The van der Waals surface area contributed by atoms with Gasteiger partial charge in [0.15, 0.2) is 0 Å². The minimum atomic E-state index is -0.0643. The van der Waals surface area contributed by atoms with Gasteiger partial charge in [-0.25, -0.2) is 0 Å². The molecular formula is C21H40O4. The monoisotopic (exact) mass is 356 g/mol. The lowest BCUT2D eigenvalue weighted by molar-refractivity contribution is -0.146. The largest absolute Gasteiger partial charge is 0.465 e. The third-order valence-electron chi connectivity index (χ3n) is 4.00. The van der Waals surface area contributed by atoms with Gasteiger partial charge in [-0.15, -0.1) is 0 Å². The van der Waals surface area contributed by atoms with Crippen LogP contribution in [0.1, 0.15) is 92.4 Å². The number of carbonyl (C=O) groups is 2. The number of hydrogen-bond donors (Lipinski definition) is 0. The number of carbonyl (C=O) groups excluding carboxylic acids is 2. The van der Waals surface area contributed by atoms with E-state index < -0.39 is 0 Å². The summed E-state index contributed by atoms with van der Waals surface area (Å²) in [6.07, 6.45) is 8.90. The van der Waals surface area contributed by atoms with Gasteiger partial charge in [0.25, 0.3) is 0 Å². The summed E-state index contributed by atoms with van der Waals surface area (Å²) in [7, 11) is 0. The highest BCUT2D eigenvalue weighted by atomic mass is 16.5. The molecule has 0 heterocycles. The van der Waals surface area contributed by atoms with Crippen molar-refractivity contribution in [3.05, 3.63) is 0 Å². The Morgan fingerprint density at radius 3 is 1.72 bits per heavy atom. The summed E-state index contributed by atoms with van der Waals surface area (Å²) in [6, 6.07) is 0. The van der Waals surface area contributed by atoms with E-state index in [1.54, 1.807) is 0 Å². The normalized spacial score (nSPS) is 12.4. The second-order valence-corrected chi connectivity index (χ2v) is 8.12. The van der Waals surface area contributed by atoms with Gasteiger partial charge in [-0.05, 0) is 24.2 Å². The summed E-state index contributed by atoms with van der Waals surface area (Å²) < 4.78 is 10.4. The van der Waals surface area contributed by atoms with Crippen molar-refractivity contribution < 1.29 is 19.1 Å². The summed E-state index contributed by atoms with van der Waals surface area (Å²) in [5, 5.41) is 0. The Morgan fingerprint density at radius 2 is 1.16 bits per heavy atom. The van der Waals surface area contributed by atoms with Crippen LogP contribution in [-0.2, 0) is 19.1 Å². The first-order valence-electron chi connectivity index (χ1n) is 10.1. The molecule has 0 saturated heterocycles. The first-order valence-corrected chi connectivity index (χ1v) is 10.1. The van der Waals surface area contributed by atoms with Crippen LogP contribution in [0.5, 0.6) is 0 Å². The average Bonchev–Trinajstić information content (AvgIpc) is 2.53. The van der Waals surface area contributed by atoms with Crippen molar-refractivity contribution in [2.24, 2.45) is 17.8 Å². The van der Waals surface area contributed by atoms with Crippen molar-refractivity contribution in [1.29, 1.82) is 0 Å². The predicted octanol–water partition coefficient (Wildman–Crippen LogP) is 5.53. The molecule has 0 aliphatic rings. The highest BCUT2D eigenvalue weighted by molar-refractivity contribution is 5.69. The molecule has 0 amide bonds. The van der Waals surface area contributed by atoms with E-state index in [0.717, 1.165) is 25.7 Å². The molecule has 25 heavy (non-hydrogen) atoms. The van der Waals surface area contributed by atoms with Crippen molar-refractivity contribution in [1.82, 2.24) is 0 Å².